The molecule has 0 aromatic rings. The van der Waals surface area contributed by atoms with Crippen molar-refractivity contribution in [3.05, 3.63) is 0 Å². The Labute approximate surface area is 86.9 Å². The van der Waals surface area contributed by atoms with Crippen LogP contribution < -0.4 is 5.32 Å². The van der Waals surface area contributed by atoms with Gasteiger partial charge in [-0.3, -0.25) is 9.69 Å². The molecular formula is C11H22N2O. The summed E-state index contributed by atoms with van der Waals surface area (Å²) in [7, 11) is 2.03. The van der Waals surface area contributed by atoms with E-state index in [0.29, 0.717) is 5.92 Å². The van der Waals surface area contributed by atoms with E-state index in [1.807, 2.05) is 7.05 Å². The molecule has 0 spiro atoms. The van der Waals surface area contributed by atoms with E-state index in [2.05, 4.69) is 31.0 Å². The molecular weight excluding hydrogens is 176 g/mol. The lowest BCUT2D eigenvalue weighted by Gasteiger charge is -2.23. The molecule has 0 unspecified atom stereocenters. The normalized spacial score (nSPS) is 25.4. The summed E-state index contributed by atoms with van der Waals surface area (Å²) >= 11 is 0. The van der Waals surface area contributed by atoms with E-state index in [1.165, 1.54) is 0 Å². The van der Waals surface area contributed by atoms with Crippen molar-refractivity contribution in [2.45, 2.75) is 45.7 Å². The van der Waals surface area contributed by atoms with Crippen LogP contribution in [0.4, 0.5) is 0 Å². The molecule has 0 aromatic heterocycles. The molecule has 0 aliphatic carbocycles. The average molecular weight is 198 g/mol. The Morgan fingerprint density at radius 3 is 2.50 bits per heavy atom. The smallest absolute Gasteiger partial charge is 0.237 e. The van der Waals surface area contributed by atoms with Gasteiger partial charge in [0, 0.05) is 6.04 Å². The van der Waals surface area contributed by atoms with Crippen LogP contribution in [0.5, 0.6) is 0 Å². The summed E-state index contributed by atoms with van der Waals surface area (Å²) in [4.78, 5) is 14.0. The zero-order valence-corrected chi connectivity index (χ0v) is 9.71. The van der Waals surface area contributed by atoms with Crippen LogP contribution in [0.15, 0.2) is 0 Å². The topological polar surface area (TPSA) is 32.3 Å². The van der Waals surface area contributed by atoms with Crippen LogP contribution in [-0.2, 0) is 4.79 Å². The molecule has 1 fully saturated rings. The molecule has 0 saturated carbocycles. The number of likely N-dealkylation sites (N-methyl/N-ethyl adjacent to an activating group) is 1. The van der Waals surface area contributed by atoms with E-state index in [1.54, 1.807) is 0 Å². The molecule has 0 bridgehead atoms. The van der Waals surface area contributed by atoms with Crippen molar-refractivity contribution >= 4 is 5.91 Å². The third-order valence-electron chi connectivity index (χ3n) is 3.19. The summed E-state index contributed by atoms with van der Waals surface area (Å²) in [6.07, 6.45) is 2.15. The number of carbonyl (C=O) groups excluding carboxylic acids is 1. The quantitative estimate of drug-likeness (QED) is 0.740. The predicted octanol–water partition coefficient (Wildman–Crippen LogP) is 1.24. The molecule has 1 aliphatic rings. The lowest BCUT2D eigenvalue weighted by Crippen LogP contribution is -2.46. The zero-order chi connectivity index (χ0) is 10.7. The molecule has 14 heavy (non-hydrogen) atoms. The zero-order valence-electron chi connectivity index (χ0n) is 9.71. The number of rotatable bonds is 3. The van der Waals surface area contributed by atoms with Gasteiger partial charge in [-0.2, -0.15) is 0 Å². The van der Waals surface area contributed by atoms with E-state index in [4.69, 9.17) is 0 Å². The van der Waals surface area contributed by atoms with Gasteiger partial charge in [0.25, 0.3) is 0 Å². The maximum Gasteiger partial charge on any atom is 0.237 e. The van der Waals surface area contributed by atoms with Gasteiger partial charge in [-0.25, -0.2) is 0 Å². The van der Waals surface area contributed by atoms with Gasteiger partial charge in [0.05, 0.1) is 6.04 Å². The summed E-state index contributed by atoms with van der Waals surface area (Å²) in [5, 5.41) is 3.07. The second kappa shape index (κ2) is 4.78. The molecule has 3 heteroatoms. The van der Waals surface area contributed by atoms with E-state index >= 15 is 0 Å². The first-order chi connectivity index (χ1) is 6.52. The second-order valence-corrected chi connectivity index (χ2v) is 4.68. The first-order valence-electron chi connectivity index (χ1n) is 5.53. The lowest BCUT2D eigenvalue weighted by molar-refractivity contribution is -0.125. The van der Waals surface area contributed by atoms with Crippen molar-refractivity contribution in [1.29, 1.82) is 0 Å². The fourth-order valence-electron chi connectivity index (χ4n) is 1.73. The standard InChI is InChI=1S/C11H22N2O/c1-8(2)9(3)12-11(14)10-6-5-7-13(10)4/h8-10H,5-7H2,1-4H3,(H,12,14)/t9-,10+/m1/s1. The Morgan fingerprint density at radius 1 is 1.43 bits per heavy atom. The molecule has 2 atom stereocenters. The van der Waals surface area contributed by atoms with E-state index < -0.39 is 0 Å². The van der Waals surface area contributed by atoms with Crippen molar-refractivity contribution in [2.24, 2.45) is 5.92 Å². The molecule has 1 aliphatic heterocycles. The van der Waals surface area contributed by atoms with E-state index in [0.717, 1.165) is 19.4 Å². The third-order valence-corrected chi connectivity index (χ3v) is 3.19. The van der Waals surface area contributed by atoms with Crippen LogP contribution in [0.25, 0.3) is 0 Å². The number of hydrogen-bond donors (Lipinski definition) is 1. The van der Waals surface area contributed by atoms with Gasteiger partial charge in [0.1, 0.15) is 0 Å². The Balaban J connectivity index is 2.41. The number of amides is 1. The van der Waals surface area contributed by atoms with E-state index in [9.17, 15) is 4.79 Å². The first-order valence-corrected chi connectivity index (χ1v) is 5.53. The molecule has 1 N–H and O–H groups in total. The highest BCUT2D eigenvalue weighted by Crippen LogP contribution is 2.15. The van der Waals surface area contributed by atoms with Crippen LogP contribution in [0.1, 0.15) is 33.6 Å². The molecule has 1 rings (SSSR count). The number of nitrogens with zero attached hydrogens (tertiary/aromatic N) is 1. The highest BCUT2D eigenvalue weighted by atomic mass is 16.2. The van der Waals surface area contributed by atoms with Crippen molar-refractivity contribution < 1.29 is 4.79 Å². The van der Waals surface area contributed by atoms with Gasteiger partial charge < -0.3 is 5.32 Å². The van der Waals surface area contributed by atoms with Gasteiger partial charge in [-0.1, -0.05) is 13.8 Å². The van der Waals surface area contributed by atoms with Crippen LogP contribution >= 0.6 is 0 Å². The highest BCUT2D eigenvalue weighted by Gasteiger charge is 2.28. The summed E-state index contributed by atoms with van der Waals surface area (Å²) < 4.78 is 0. The Bertz CT molecular complexity index is 203. The SMILES string of the molecule is CC(C)[C@@H](C)NC(=O)[C@@H]1CCCN1C. The minimum atomic E-state index is 0.108. The number of nitrogens with one attached hydrogen (secondary N) is 1. The maximum absolute atomic E-state index is 11.8. The molecule has 0 radical (unpaired) electrons. The van der Waals surface area contributed by atoms with Crippen LogP contribution in [0.3, 0.4) is 0 Å². The molecule has 3 nitrogen and oxygen atoms in total. The summed E-state index contributed by atoms with van der Waals surface area (Å²) in [6.45, 7) is 7.37. The monoisotopic (exact) mass is 198 g/mol. The summed E-state index contributed by atoms with van der Waals surface area (Å²) in [6, 6.07) is 0.382. The number of hydrogen-bond acceptors (Lipinski definition) is 2. The summed E-state index contributed by atoms with van der Waals surface area (Å²) in [5.74, 6) is 0.705. The molecule has 1 amide bonds. The molecule has 1 saturated heterocycles. The third kappa shape index (κ3) is 2.71. The minimum absolute atomic E-state index is 0.108. The van der Waals surface area contributed by atoms with Crippen LogP contribution in [-0.4, -0.2) is 36.5 Å². The van der Waals surface area contributed by atoms with Gasteiger partial charge in [-0.15, -0.1) is 0 Å². The fourth-order valence-corrected chi connectivity index (χ4v) is 1.73. The lowest BCUT2D eigenvalue weighted by atomic mass is 10.1. The minimum Gasteiger partial charge on any atom is -0.352 e. The van der Waals surface area contributed by atoms with Crippen molar-refractivity contribution in [1.82, 2.24) is 10.2 Å². The number of carbonyl (C=O) groups is 1. The first kappa shape index (κ1) is 11.5. The predicted molar refractivity (Wildman–Crippen MR) is 58.1 cm³/mol. The number of likely N-dealkylation sites (tertiary alicyclic amines) is 1. The van der Waals surface area contributed by atoms with Gasteiger partial charge in [-0.05, 0) is 39.3 Å². The van der Waals surface area contributed by atoms with Crippen molar-refractivity contribution in [3.63, 3.8) is 0 Å². The highest BCUT2D eigenvalue weighted by molar-refractivity contribution is 5.82. The maximum atomic E-state index is 11.8. The summed E-state index contributed by atoms with van der Waals surface area (Å²) in [5.41, 5.74) is 0. The molecule has 82 valence electrons. The Morgan fingerprint density at radius 2 is 2.07 bits per heavy atom. The Hall–Kier alpha value is -0.570. The second-order valence-electron chi connectivity index (χ2n) is 4.68. The van der Waals surface area contributed by atoms with Crippen molar-refractivity contribution in [3.8, 4) is 0 Å². The van der Waals surface area contributed by atoms with E-state index in [-0.39, 0.29) is 18.0 Å². The Kier molecular flexibility index (Phi) is 3.93. The molecule has 0 aromatic carbocycles. The average Bonchev–Trinajstić information content (AvgIpc) is 2.51. The van der Waals surface area contributed by atoms with Gasteiger partial charge >= 0.3 is 0 Å². The fraction of sp³-hybridized carbons (Fsp3) is 0.909. The largest absolute Gasteiger partial charge is 0.352 e. The van der Waals surface area contributed by atoms with Crippen LogP contribution in [0.2, 0.25) is 0 Å². The van der Waals surface area contributed by atoms with Crippen LogP contribution in [0, 0.1) is 5.92 Å². The van der Waals surface area contributed by atoms with Gasteiger partial charge in [0.2, 0.25) is 5.91 Å². The van der Waals surface area contributed by atoms with Gasteiger partial charge in [0.15, 0.2) is 0 Å². The molecule has 1 heterocycles. The van der Waals surface area contributed by atoms with Crippen molar-refractivity contribution in [2.75, 3.05) is 13.6 Å².